The lowest BCUT2D eigenvalue weighted by Gasteiger charge is -2.33. The number of carbonyl (C=O) groups excluding carboxylic acids is 1. The van der Waals surface area contributed by atoms with Crippen molar-refractivity contribution in [1.29, 1.82) is 0 Å². The van der Waals surface area contributed by atoms with Crippen LogP contribution in [0.15, 0.2) is 18.5 Å². The van der Waals surface area contributed by atoms with Crippen molar-refractivity contribution in [2.45, 2.75) is 50.7 Å². The zero-order valence-electron chi connectivity index (χ0n) is 12.9. The van der Waals surface area contributed by atoms with Crippen LogP contribution in [-0.4, -0.2) is 47.7 Å². The minimum atomic E-state index is -0.00673. The number of amides is 1. The Labute approximate surface area is 131 Å². The van der Waals surface area contributed by atoms with Gasteiger partial charge in [-0.1, -0.05) is 12.8 Å². The van der Waals surface area contributed by atoms with Crippen LogP contribution in [0.25, 0.3) is 0 Å². The Morgan fingerprint density at radius 3 is 2.77 bits per heavy atom. The van der Waals surface area contributed by atoms with E-state index < -0.39 is 0 Å². The summed E-state index contributed by atoms with van der Waals surface area (Å²) in [5, 5.41) is 3.08. The Morgan fingerprint density at radius 2 is 2.00 bits per heavy atom. The van der Waals surface area contributed by atoms with Gasteiger partial charge in [0.25, 0.3) is 0 Å². The molecule has 0 aromatic carbocycles. The predicted octanol–water partition coefficient (Wildman–Crippen LogP) is 1.52. The Kier molecular flexibility index (Phi) is 5.21. The van der Waals surface area contributed by atoms with Crippen LogP contribution in [0.5, 0.6) is 0 Å². The molecular weight excluding hydrogens is 280 g/mol. The summed E-state index contributed by atoms with van der Waals surface area (Å²) in [6.07, 6.45) is 10.4. The molecule has 1 aliphatic heterocycles. The maximum Gasteiger partial charge on any atom is 0.246 e. The molecule has 1 saturated carbocycles. The highest BCUT2D eigenvalue weighted by molar-refractivity contribution is 5.77. The number of nitrogens with zero attached hydrogens (tertiary/aromatic N) is 3. The molecule has 0 radical (unpaired) electrons. The number of hydrogen-bond donors (Lipinski definition) is 1. The fraction of sp³-hybridized carbons (Fsp3) is 0.688. The Bertz CT molecular complexity index is 476. The largest absolute Gasteiger partial charge is 0.368 e. The lowest BCUT2D eigenvalue weighted by molar-refractivity contribution is -0.128. The van der Waals surface area contributed by atoms with Crippen molar-refractivity contribution in [1.82, 2.24) is 15.3 Å². The molecule has 22 heavy (non-hydrogen) atoms. The Morgan fingerprint density at radius 1 is 1.23 bits per heavy atom. The number of ether oxygens (including phenoxy) is 1. The van der Waals surface area contributed by atoms with Crippen LogP contribution in [0.4, 0.5) is 5.95 Å². The number of anilines is 1. The van der Waals surface area contributed by atoms with Crippen molar-refractivity contribution in [2.24, 2.45) is 0 Å². The van der Waals surface area contributed by atoms with Gasteiger partial charge in [0.15, 0.2) is 0 Å². The molecule has 1 aliphatic carbocycles. The molecule has 2 heterocycles. The second-order valence-electron chi connectivity index (χ2n) is 6.12. The minimum Gasteiger partial charge on any atom is -0.368 e. The van der Waals surface area contributed by atoms with Crippen molar-refractivity contribution in [2.75, 3.05) is 24.6 Å². The van der Waals surface area contributed by atoms with E-state index in [1.54, 1.807) is 12.4 Å². The van der Waals surface area contributed by atoms with Crippen LogP contribution in [-0.2, 0) is 9.53 Å². The molecule has 0 spiro atoms. The lowest BCUT2D eigenvalue weighted by Crippen LogP contribution is -2.49. The van der Waals surface area contributed by atoms with Crippen LogP contribution < -0.4 is 10.2 Å². The van der Waals surface area contributed by atoms with Crippen LogP contribution in [0.3, 0.4) is 0 Å². The van der Waals surface area contributed by atoms with Crippen molar-refractivity contribution >= 4 is 11.9 Å². The number of nitrogens with one attached hydrogen (secondary N) is 1. The van der Waals surface area contributed by atoms with Crippen LogP contribution >= 0.6 is 0 Å². The number of hydrogen-bond acceptors (Lipinski definition) is 5. The molecule has 6 heteroatoms. The molecule has 2 aliphatic rings. The first kappa shape index (κ1) is 15.2. The van der Waals surface area contributed by atoms with Gasteiger partial charge < -0.3 is 15.0 Å². The third-order valence-electron chi connectivity index (χ3n) is 4.37. The van der Waals surface area contributed by atoms with E-state index in [1.807, 2.05) is 6.07 Å². The number of rotatable bonds is 5. The fourth-order valence-electron chi connectivity index (χ4n) is 3.25. The second kappa shape index (κ2) is 7.54. The van der Waals surface area contributed by atoms with Crippen LogP contribution in [0.1, 0.15) is 38.5 Å². The maximum absolute atomic E-state index is 12.0. The van der Waals surface area contributed by atoms with Crippen LogP contribution in [0.2, 0.25) is 0 Å². The molecule has 1 aromatic rings. The van der Waals surface area contributed by atoms with Crippen LogP contribution in [0, 0.1) is 0 Å². The smallest absolute Gasteiger partial charge is 0.246 e. The van der Waals surface area contributed by atoms with E-state index in [2.05, 4.69) is 20.2 Å². The van der Waals surface area contributed by atoms with E-state index in [9.17, 15) is 4.79 Å². The van der Waals surface area contributed by atoms with E-state index in [1.165, 1.54) is 12.8 Å². The van der Waals surface area contributed by atoms with E-state index in [0.29, 0.717) is 0 Å². The minimum absolute atomic E-state index is 0.00673. The number of carbonyl (C=O) groups is 1. The van der Waals surface area contributed by atoms with Crippen molar-refractivity contribution in [3.63, 3.8) is 0 Å². The summed E-state index contributed by atoms with van der Waals surface area (Å²) < 4.78 is 5.67. The topological polar surface area (TPSA) is 67.3 Å². The number of aromatic nitrogens is 2. The van der Waals surface area contributed by atoms with Gasteiger partial charge in [0.05, 0.1) is 6.10 Å². The molecule has 0 unspecified atom stereocenters. The fourth-order valence-corrected chi connectivity index (χ4v) is 3.25. The summed E-state index contributed by atoms with van der Waals surface area (Å²) in [7, 11) is 0. The molecule has 3 rings (SSSR count). The van der Waals surface area contributed by atoms with Gasteiger partial charge in [-0.25, -0.2) is 9.97 Å². The number of piperidine rings is 1. The monoisotopic (exact) mass is 304 g/mol. The summed E-state index contributed by atoms with van der Waals surface area (Å²) in [5.74, 6) is 0.733. The van der Waals surface area contributed by atoms with Crippen molar-refractivity contribution in [3.05, 3.63) is 18.5 Å². The van der Waals surface area contributed by atoms with E-state index in [0.717, 1.165) is 44.7 Å². The van der Waals surface area contributed by atoms with Gasteiger partial charge in [-0.2, -0.15) is 0 Å². The van der Waals surface area contributed by atoms with E-state index in [4.69, 9.17) is 4.74 Å². The Hall–Kier alpha value is -1.69. The molecular formula is C16H24N4O2. The van der Waals surface area contributed by atoms with E-state index >= 15 is 0 Å². The van der Waals surface area contributed by atoms with Gasteiger partial charge in [-0.05, 0) is 31.7 Å². The summed E-state index contributed by atoms with van der Waals surface area (Å²) in [5.41, 5.74) is 0. The van der Waals surface area contributed by atoms with Gasteiger partial charge in [-0.3, -0.25) is 4.79 Å². The third kappa shape index (κ3) is 4.16. The standard InChI is InChI=1S/C16H24N4O2/c21-15(12-22-14-6-1-2-7-14)19-13-5-3-10-20(11-13)16-17-8-4-9-18-16/h4,8-9,13-14H,1-3,5-7,10-12H2,(H,19,21)/t13-/m1/s1. The third-order valence-corrected chi connectivity index (χ3v) is 4.37. The first-order chi connectivity index (χ1) is 10.8. The first-order valence-corrected chi connectivity index (χ1v) is 8.24. The molecule has 120 valence electrons. The highest BCUT2D eigenvalue weighted by Gasteiger charge is 2.23. The molecule has 1 aromatic heterocycles. The average molecular weight is 304 g/mol. The zero-order valence-corrected chi connectivity index (χ0v) is 12.9. The highest BCUT2D eigenvalue weighted by atomic mass is 16.5. The second-order valence-corrected chi connectivity index (χ2v) is 6.12. The molecule has 1 N–H and O–H groups in total. The molecule has 1 saturated heterocycles. The van der Waals surface area contributed by atoms with Gasteiger partial charge >= 0.3 is 0 Å². The lowest BCUT2D eigenvalue weighted by atomic mass is 10.1. The van der Waals surface area contributed by atoms with Gasteiger partial charge in [-0.15, -0.1) is 0 Å². The highest BCUT2D eigenvalue weighted by Crippen LogP contribution is 2.20. The Balaban J connectivity index is 1.44. The average Bonchev–Trinajstić information content (AvgIpc) is 3.08. The SMILES string of the molecule is O=C(COC1CCCC1)N[C@@H]1CCCN(c2ncccn2)C1. The predicted molar refractivity (Wildman–Crippen MR) is 83.6 cm³/mol. The molecule has 1 amide bonds. The van der Waals surface area contributed by atoms with E-state index in [-0.39, 0.29) is 24.7 Å². The zero-order chi connectivity index (χ0) is 15.2. The molecule has 0 bridgehead atoms. The summed E-state index contributed by atoms with van der Waals surface area (Å²) >= 11 is 0. The maximum atomic E-state index is 12.0. The van der Waals surface area contributed by atoms with Gasteiger partial charge in [0.1, 0.15) is 6.61 Å². The summed E-state index contributed by atoms with van der Waals surface area (Å²) in [6, 6.07) is 1.96. The first-order valence-electron chi connectivity index (χ1n) is 8.24. The quantitative estimate of drug-likeness (QED) is 0.893. The molecule has 2 fully saturated rings. The molecule has 6 nitrogen and oxygen atoms in total. The van der Waals surface area contributed by atoms with Gasteiger partial charge in [0, 0.05) is 31.5 Å². The molecule has 1 atom stereocenters. The van der Waals surface area contributed by atoms with Crippen molar-refractivity contribution in [3.8, 4) is 0 Å². The van der Waals surface area contributed by atoms with Crippen molar-refractivity contribution < 1.29 is 9.53 Å². The summed E-state index contributed by atoms with van der Waals surface area (Å²) in [4.78, 5) is 22.7. The normalized spacial score (nSPS) is 22.7. The van der Waals surface area contributed by atoms with Gasteiger partial charge in [0.2, 0.25) is 11.9 Å². The summed E-state index contributed by atoms with van der Waals surface area (Å²) in [6.45, 7) is 1.89.